The summed E-state index contributed by atoms with van der Waals surface area (Å²) in [4.78, 5) is 12.7. The molecule has 1 aromatic rings. The first-order valence-corrected chi connectivity index (χ1v) is 7.56. The van der Waals surface area contributed by atoms with Crippen molar-refractivity contribution in [1.82, 2.24) is 5.01 Å². The summed E-state index contributed by atoms with van der Waals surface area (Å²) in [6.07, 6.45) is 3.19. The van der Waals surface area contributed by atoms with Crippen molar-refractivity contribution < 1.29 is 4.79 Å². The highest BCUT2D eigenvalue weighted by molar-refractivity contribution is 7.82. The van der Waals surface area contributed by atoms with Gasteiger partial charge in [0.15, 0.2) is 0 Å². The van der Waals surface area contributed by atoms with E-state index in [1.54, 1.807) is 20.2 Å². The van der Waals surface area contributed by atoms with Gasteiger partial charge in [-0.2, -0.15) is 5.10 Å². The van der Waals surface area contributed by atoms with Gasteiger partial charge in [-0.15, -0.1) is 0 Å². The van der Waals surface area contributed by atoms with Crippen molar-refractivity contribution in [3.63, 3.8) is 0 Å². The molecule has 0 fully saturated rings. The average Bonchev–Trinajstić information content (AvgIpc) is 2.51. The van der Waals surface area contributed by atoms with Gasteiger partial charge < -0.3 is 5.73 Å². The number of carbonyl (C=O) groups is 1. The van der Waals surface area contributed by atoms with Crippen molar-refractivity contribution in [1.29, 1.82) is 0 Å². The number of amides is 1. The van der Waals surface area contributed by atoms with E-state index in [0.29, 0.717) is 11.4 Å². The molecule has 1 amide bonds. The van der Waals surface area contributed by atoms with Gasteiger partial charge in [0.2, 0.25) is 0 Å². The molecule has 21 heavy (non-hydrogen) atoms. The molecule has 0 aliphatic heterocycles. The highest BCUT2D eigenvalue weighted by atomic mass is 32.1. The van der Waals surface area contributed by atoms with E-state index in [0.717, 1.165) is 35.1 Å². The van der Waals surface area contributed by atoms with Gasteiger partial charge in [0.25, 0.3) is 5.91 Å². The highest BCUT2D eigenvalue weighted by Gasteiger charge is 2.21. The summed E-state index contributed by atoms with van der Waals surface area (Å²) < 4.78 is 0. The minimum atomic E-state index is -0.256. The Hall–Kier alpha value is -1.59. The number of rotatable bonds is 6. The zero-order chi connectivity index (χ0) is 16.0. The molecule has 2 N–H and O–H groups in total. The number of hydrogen-bond donors (Lipinski definition) is 1. The Morgan fingerprint density at radius 3 is 2.24 bits per heavy atom. The van der Waals surface area contributed by atoms with Gasteiger partial charge in [0, 0.05) is 25.4 Å². The first-order valence-electron chi connectivity index (χ1n) is 7.15. The van der Waals surface area contributed by atoms with Gasteiger partial charge >= 0.3 is 0 Å². The average molecular weight is 305 g/mol. The Labute approximate surface area is 132 Å². The molecule has 0 unspecified atom stereocenters. The summed E-state index contributed by atoms with van der Waals surface area (Å²) >= 11 is 5.42. The fraction of sp³-hybridized carbons (Fsp3) is 0.438. The number of likely N-dealkylation sites (N-methyl/N-ethyl adjacent to an activating group) is 1. The Morgan fingerprint density at radius 2 is 1.86 bits per heavy atom. The second kappa shape index (κ2) is 8.00. The van der Waals surface area contributed by atoms with Crippen LogP contribution in [0.25, 0.3) is 0 Å². The van der Waals surface area contributed by atoms with Crippen LogP contribution in [0.3, 0.4) is 0 Å². The Morgan fingerprint density at radius 1 is 1.33 bits per heavy atom. The van der Waals surface area contributed by atoms with E-state index in [2.05, 4.69) is 18.9 Å². The van der Waals surface area contributed by atoms with Crippen LogP contribution < -0.4 is 5.73 Å². The van der Waals surface area contributed by atoms with Crippen molar-refractivity contribution in [3.05, 3.63) is 34.4 Å². The smallest absolute Gasteiger partial charge is 0.285 e. The number of nitrogens with zero attached hydrogens (tertiary/aromatic N) is 2. The summed E-state index contributed by atoms with van der Waals surface area (Å²) in [6, 6.07) is 4.08. The predicted octanol–water partition coefficient (Wildman–Crippen LogP) is 2.45. The van der Waals surface area contributed by atoms with Crippen LogP contribution in [0.5, 0.6) is 0 Å². The van der Waals surface area contributed by atoms with Crippen LogP contribution in [-0.4, -0.2) is 29.0 Å². The normalized spacial score (nSPS) is 10.9. The molecule has 0 spiro atoms. The van der Waals surface area contributed by atoms with Gasteiger partial charge in [-0.1, -0.05) is 38.2 Å². The maximum atomic E-state index is 12.4. The molecule has 1 rings (SSSR count). The first kappa shape index (κ1) is 17.5. The Kier molecular flexibility index (Phi) is 6.65. The molecule has 4 nitrogen and oxygen atoms in total. The van der Waals surface area contributed by atoms with Gasteiger partial charge in [0.1, 0.15) is 4.86 Å². The molecule has 0 atom stereocenters. The van der Waals surface area contributed by atoms with E-state index in [4.69, 9.17) is 18.0 Å². The Bertz CT molecular complexity index is 542. The minimum Gasteiger partial charge on any atom is -0.326 e. The molecule has 114 valence electrons. The van der Waals surface area contributed by atoms with Crippen LogP contribution in [0.4, 0.5) is 0 Å². The van der Waals surface area contributed by atoms with Gasteiger partial charge in [-0.25, -0.2) is 5.01 Å². The second-order valence-corrected chi connectivity index (χ2v) is 5.14. The highest BCUT2D eigenvalue weighted by Crippen LogP contribution is 2.21. The van der Waals surface area contributed by atoms with Gasteiger partial charge in [-0.3, -0.25) is 4.79 Å². The van der Waals surface area contributed by atoms with Crippen LogP contribution in [0.15, 0.2) is 17.2 Å². The molecule has 0 radical (unpaired) electrons. The zero-order valence-corrected chi connectivity index (χ0v) is 14.0. The topological polar surface area (TPSA) is 58.7 Å². The number of nitrogens with two attached hydrogens (primary N) is 1. The molecular weight excluding hydrogens is 282 g/mol. The minimum absolute atomic E-state index is 0.256. The van der Waals surface area contributed by atoms with Crippen LogP contribution in [0.2, 0.25) is 0 Å². The lowest BCUT2D eigenvalue weighted by molar-refractivity contribution is -0.122. The van der Waals surface area contributed by atoms with Crippen LogP contribution in [0, 0.1) is 0 Å². The fourth-order valence-electron chi connectivity index (χ4n) is 2.29. The molecule has 5 heteroatoms. The van der Waals surface area contributed by atoms with E-state index >= 15 is 0 Å². The Balaban J connectivity index is 3.34. The molecule has 0 aromatic heterocycles. The van der Waals surface area contributed by atoms with Crippen molar-refractivity contribution in [2.75, 3.05) is 7.05 Å². The standard InChI is InChI=1S/C16H23N3OS/c1-5-12-8-11(10-17)9-13(6-2)14(12)15(21)16(20)19(4)18-7-3/h7-9H,5-6,10,17H2,1-4H3. The van der Waals surface area contributed by atoms with Crippen molar-refractivity contribution in [2.24, 2.45) is 10.8 Å². The summed E-state index contributed by atoms with van der Waals surface area (Å²) in [5, 5.41) is 5.24. The number of carbonyl (C=O) groups excluding carboxylic acids is 1. The number of benzene rings is 1. The van der Waals surface area contributed by atoms with Crippen molar-refractivity contribution >= 4 is 29.2 Å². The third-order valence-electron chi connectivity index (χ3n) is 3.36. The lowest BCUT2D eigenvalue weighted by atomic mass is 9.92. The predicted molar refractivity (Wildman–Crippen MR) is 91.7 cm³/mol. The number of hydrogen-bond acceptors (Lipinski definition) is 4. The summed E-state index contributed by atoms with van der Waals surface area (Å²) in [5.41, 5.74) is 9.83. The third kappa shape index (κ3) is 3.95. The number of aryl methyl sites for hydroxylation is 2. The second-order valence-electron chi connectivity index (χ2n) is 4.73. The monoisotopic (exact) mass is 305 g/mol. The van der Waals surface area contributed by atoms with Gasteiger partial charge in [-0.05, 0) is 36.5 Å². The van der Waals surface area contributed by atoms with Crippen LogP contribution in [0.1, 0.15) is 43.0 Å². The molecule has 0 saturated carbocycles. The zero-order valence-electron chi connectivity index (χ0n) is 13.1. The number of hydrazone groups is 1. The molecule has 0 aliphatic carbocycles. The van der Waals surface area contributed by atoms with Gasteiger partial charge in [0.05, 0.1) is 0 Å². The molecule has 0 heterocycles. The van der Waals surface area contributed by atoms with E-state index in [1.807, 2.05) is 12.1 Å². The maximum Gasteiger partial charge on any atom is 0.285 e. The molecule has 0 saturated heterocycles. The fourth-order valence-corrected chi connectivity index (χ4v) is 2.68. The summed E-state index contributed by atoms with van der Waals surface area (Å²) in [6.45, 7) is 6.36. The van der Waals surface area contributed by atoms with E-state index < -0.39 is 0 Å². The summed E-state index contributed by atoms with van der Waals surface area (Å²) in [7, 11) is 1.61. The van der Waals surface area contributed by atoms with E-state index in [-0.39, 0.29) is 5.91 Å². The van der Waals surface area contributed by atoms with E-state index in [1.165, 1.54) is 5.01 Å². The summed E-state index contributed by atoms with van der Waals surface area (Å²) in [5.74, 6) is -0.256. The van der Waals surface area contributed by atoms with Crippen molar-refractivity contribution in [3.8, 4) is 0 Å². The van der Waals surface area contributed by atoms with Crippen LogP contribution >= 0.6 is 12.2 Å². The van der Waals surface area contributed by atoms with E-state index in [9.17, 15) is 4.79 Å². The third-order valence-corrected chi connectivity index (χ3v) is 3.74. The quantitative estimate of drug-likeness (QED) is 0.380. The van der Waals surface area contributed by atoms with Crippen LogP contribution in [-0.2, 0) is 24.2 Å². The first-order chi connectivity index (χ1) is 9.99. The van der Waals surface area contributed by atoms with Crippen molar-refractivity contribution in [2.45, 2.75) is 40.2 Å². The number of thiocarbonyl (C=S) groups is 1. The molecule has 1 aromatic carbocycles. The molecule has 0 bridgehead atoms. The SMILES string of the molecule is CC=NN(C)C(=O)C(=S)c1c(CC)cc(CN)cc1CC. The molecular formula is C16H23N3OS. The molecule has 0 aliphatic rings. The maximum absolute atomic E-state index is 12.4. The largest absolute Gasteiger partial charge is 0.326 e. The lowest BCUT2D eigenvalue weighted by Crippen LogP contribution is -2.30. The lowest BCUT2D eigenvalue weighted by Gasteiger charge is -2.18.